The maximum atomic E-state index is 12.9. The van der Waals surface area contributed by atoms with Crippen LogP contribution in [0.5, 0.6) is 5.75 Å². The zero-order chi connectivity index (χ0) is 22.0. The third-order valence-electron chi connectivity index (χ3n) is 5.58. The molecule has 3 aromatic rings. The summed E-state index contributed by atoms with van der Waals surface area (Å²) in [7, 11) is -3.19. The van der Waals surface area contributed by atoms with E-state index in [0.29, 0.717) is 54.3 Å². The lowest BCUT2D eigenvalue weighted by atomic mass is 10.1. The molecule has 31 heavy (non-hydrogen) atoms. The maximum absolute atomic E-state index is 12.9. The summed E-state index contributed by atoms with van der Waals surface area (Å²) in [5, 5.41) is 3.65. The van der Waals surface area contributed by atoms with Crippen LogP contribution in [-0.2, 0) is 16.6 Å². The number of furan rings is 1. The van der Waals surface area contributed by atoms with Crippen molar-refractivity contribution in [2.24, 2.45) is 5.92 Å². The highest BCUT2D eigenvalue weighted by Gasteiger charge is 2.29. The Labute approximate surface area is 182 Å². The number of benzene rings is 2. The summed E-state index contributed by atoms with van der Waals surface area (Å²) in [6.45, 7) is 3.54. The molecule has 0 saturated carbocycles. The van der Waals surface area contributed by atoms with Crippen molar-refractivity contribution in [3.8, 4) is 5.75 Å². The third-order valence-corrected chi connectivity index (χ3v) is 6.85. The van der Waals surface area contributed by atoms with Crippen molar-refractivity contribution in [3.05, 3.63) is 65.4 Å². The van der Waals surface area contributed by atoms with E-state index in [1.807, 2.05) is 42.5 Å². The lowest BCUT2D eigenvalue weighted by Gasteiger charge is -2.14. The number of nitrogens with one attached hydrogen (secondary N) is 1. The fourth-order valence-corrected chi connectivity index (χ4v) is 4.82. The van der Waals surface area contributed by atoms with Crippen molar-refractivity contribution in [2.75, 3.05) is 25.9 Å². The number of carbonyl (C=O) groups excluding carboxylic acids is 1. The number of amides is 1. The zero-order valence-electron chi connectivity index (χ0n) is 17.6. The van der Waals surface area contributed by atoms with Gasteiger partial charge in [0.15, 0.2) is 0 Å². The molecule has 8 heteroatoms. The van der Waals surface area contributed by atoms with Crippen LogP contribution in [0, 0.1) is 12.8 Å². The van der Waals surface area contributed by atoms with E-state index in [9.17, 15) is 13.2 Å². The van der Waals surface area contributed by atoms with Crippen molar-refractivity contribution in [2.45, 2.75) is 20.0 Å². The van der Waals surface area contributed by atoms with E-state index >= 15 is 0 Å². The Hall–Kier alpha value is -2.84. The van der Waals surface area contributed by atoms with Gasteiger partial charge >= 0.3 is 0 Å². The highest BCUT2D eigenvalue weighted by Crippen LogP contribution is 2.29. The Morgan fingerprint density at radius 2 is 2.00 bits per heavy atom. The van der Waals surface area contributed by atoms with Crippen molar-refractivity contribution < 1.29 is 22.4 Å². The SMILES string of the molecule is Cc1oc2ccc(OCc3ccccc3)cc2c1C(=O)NC[C@H]1CCN(S(C)(=O)=O)C1. The molecular weight excluding hydrogens is 416 g/mol. The van der Waals surface area contributed by atoms with Gasteiger partial charge < -0.3 is 14.5 Å². The van der Waals surface area contributed by atoms with Gasteiger partial charge in [-0.25, -0.2) is 12.7 Å². The van der Waals surface area contributed by atoms with Gasteiger partial charge in [-0.3, -0.25) is 4.79 Å². The largest absolute Gasteiger partial charge is 0.489 e. The second kappa shape index (κ2) is 8.72. The molecule has 1 aliphatic heterocycles. The fourth-order valence-electron chi connectivity index (χ4n) is 3.90. The first-order valence-corrected chi connectivity index (χ1v) is 12.1. The van der Waals surface area contributed by atoms with Crippen LogP contribution in [0.25, 0.3) is 11.0 Å². The van der Waals surface area contributed by atoms with Crippen molar-refractivity contribution in [1.29, 1.82) is 0 Å². The number of nitrogens with zero attached hydrogens (tertiary/aromatic N) is 1. The molecule has 0 radical (unpaired) electrons. The van der Waals surface area contributed by atoms with Crippen LogP contribution < -0.4 is 10.1 Å². The molecule has 2 heterocycles. The van der Waals surface area contributed by atoms with E-state index in [4.69, 9.17) is 9.15 Å². The minimum Gasteiger partial charge on any atom is -0.489 e. The van der Waals surface area contributed by atoms with Crippen LogP contribution in [0.2, 0.25) is 0 Å². The van der Waals surface area contributed by atoms with Crippen molar-refractivity contribution >= 4 is 26.9 Å². The molecule has 0 spiro atoms. The number of sulfonamides is 1. The molecule has 4 rings (SSSR count). The number of rotatable bonds is 7. The standard InChI is InChI=1S/C23H26N2O5S/c1-16-22(23(26)24-13-18-10-11-25(14-18)31(2,27)28)20-12-19(8-9-21(20)30-16)29-15-17-6-4-3-5-7-17/h3-9,12,18H,10-11,13-15H2,1-2H3,(H,24,26)/t18-/m1/s1. The second-order valence-electron chi connectivity index (χ2n) is 7.95. The molecule has 0 unspecified atom stereocenters. The Bertz CT molecular complexity index is 1190. The van der Waals surface area contributed by atoms with Crippen molar-refractivity contribution in [1.82, 2.24) is 9.62 Å². The molecule has 1 N–H and O–H groups in total. The van der Waals surface area contributed by atoms with Gasteiger partial charge in [-0.05, 0) is 43.0 Å². The smallest absolute Gasteiger partial charge is 0.255 e. The van der Waals surface area contributed by atoms with Gasteiger partial charge in [0.05, 0.1) is 11.8 Å². The average molecular weight is 443 g/mol. The Kier molecular flexibility index (Phi) is 6.02. The second-order valence-corrected chi connectivity index (χ2v) is 9.93. The van der Waals surface area contributed by atoms with Gasteiger partial charge in [0.25, 0.3) is 5.91 Å². The van der Waals surface area contributed by atoms with Gasteiger partial charge in [-0.2, -0.15) is 0 Å². The Balaban J connectivity index is 1.45. The minimum atomic E-state index is -3.19. The highest BCUT2D eigenvalue weighted by atomic mass is 32.2. The van der Waals surface area contributed by atoms with Crippen LogP contribution in [0.4, 0.5) is 0 Å². The molecule has 1 aliphatic rings. The first-order chi connectivity index (χ1) is 14.8. The summed E-state index contributed by atoms with van der Waals surface area (Å²) in [5.74, 6) is 1.07. The monoisotopic (exact) mass is 442 g/mol. The molecule has 1 aromatic heterocycles. The summed E-state index contributed by atoms with van der Waals surface area (Å²) in [4.78, 5) is 12.9. The van der Waals surface area contributed by atoms with Crippen LogP contribution in [0.3, 0.4) is 0 Å². The van der Waals surface area contributed by atoms with Crippen LogP contribution >= 0.6 is 0 Å². The van der Waals surface area contributed by atoms with Crippen LogP contribution in [0.15, 0.2) is 52.9 Å². The van der Waals surface area contributed by atoms with E-state index in [-0.39, 0.29) is 11.8 Å². The predicted molar refractivity (Wildman–Crippen MR) is 119 cm³/mol. The molecule has 2 aromatic carbocycles. The molecule has 164 valence electrons. The molecule has 1 fully saturated rings. The van der Waals surface area contributed by atoms with Crippen LogP contribution in [-0.4, -0.2) is 44.5 Å². The van der Waals surface area contributed by atoms with Crippen LogP contribution in [0.1, 0.15) is 28.1 Å². The van der Waals surface area contributed by atoms with Gasteiger partial charge in [-0.1, -0.05) is 30.3 Å². The fraction of sp³-hybridized carbons (Fsp3) is 0.348. The first-order valence-electron chi connectivity index (χ1n) is 10.2. The van der Waals surface area contributed by atoms with Gasteiger partial charge in [-0.15, -0.1) is 0 Å². The summed E-state index contributed by atoms with van der Waals surface area (Å²) in [6, 6.07) is 15.3. The number of ether oxygens (including phenoxy) is 1. The molecule has 0 aliphatic carbocycles. The normalized spacial score (nSPS) is 17.2. The number of hydrogen-bond acceptors (Lipinski definition) is 5. The van der Waals surface area contributed by atoms with E-state index in [1.165, 1.54) is 10.6 Å². The molecular formula is C23H26N2O5S. The van der Waals surface area contributed by atoms with Gasteiger partial charge in [0, 0.05) is 25.0 Å². The lowest BCUT2D eigenvalue weighted by molar-refractivity contribution is 0.0948. The van der Waals surface area contributed by atoms with Gasteiger partial charge in [0.1, 0.15) is 23.7 Å². The predicted octanol–water partition coefficient (Wildman–Crippen LogP) is 3.33. The lowest BCUT2D eigenvalue weighted by Crippen LogP contribution is -2.32. The minimum absolute atomic E-state index is 0.0990. The third kappa shape index (κ3) is 4.91. The number of fused-ring (bicyclic) bond motifs is 1. The quantitative estimate of drug-likeness (QED) is 0.606. The number of carbonyl (C=O) groups is 1. The Morgan fingerprint density at radius 1 is 1.23 bits per heavy atom. The van der Waals surface area contributed by atoms with E-state index in [0.717, 1.165) is 12.0 Å². The maximum Gasteiger partial charge on any atom is 0.255 e. The molecule has 1 saturated heterocycles. The zero-order valence-corrected chi connectivity index (χ0v) is 18.4. The van der Waals surface area contributed by atoms with Gasteiger partial charge in [0.2, 0.25) is 10.0 Å². The van der Waals surface area contributed by atoms with E-state index in [2.05, 4.69) is 5.32 Å². The van der Waals surface area contributed by atoms with Crippen molar-refractivity contribution in [3.63, 3.8) is 0 Å². The molecule has 1 amide bonds. The summed E-state index contributed by atoms with van der Waals surface area (Å²) in [6.07, 6.45) is 1.95. The number of hydrogen-bond donors (Lipinski definition) is 1. The molecule has 1 atom stereocenters. The van der Waals surface area contributed by atoms with E-state index in [1.54, 1.807) is 13.0 Å². The number of aryl methyl sites for hydroxylation is 1. The van der Waals surface area contributed by atoms with E-state index < -0.39 is 10.0 Å². The summed E-state index contributed by atoms with van der Waals surface area (Å²) in [5.41, 5.74) is 2.17. The molecule has 7 nitrogen and oxygen atoms in total. The Morgan fingerprint density at radius 3 is 2.71 bits per heavy atom. The average Bonchev–Trinajstić information content (AvgIpc) is 3.35. The summed E-state index contributed by atoms with van der Waals surface area (Å²) >= 11 is 0. The molecule has 0 bridgehead atoms. The topological polar surface area (TPSA) is 88.8 Å². The summed E-state index contributed by atoms with van der Waals surface area (Å²) < 4.78 is 36.5. The highest BCUT2D eigenvalue weighted by molar-refractivity contribution is 7.88. The first kappa shape index (κ1) is 21.4.